The Hall–Kier alpha value is -4.13. The molecule has 7 heteroatoms. The molecule has 180 valence electrons. The van der Waals surface area contributed by atoms with Crippen molar-refractivity contribution in [1.82, 2.24) is 0 Å². The smallest absolute Gasteiger partial charge is 0.300 e. The van der Waals surface area contributed by atoms with E-state index in [1.54, 1.807) is 43.5 Å². The Labute approximate surface area is 203 Å². The fourth-order valence-corrected chi connectivity index (χ4v) is 4.38. The van der Waals surface area contributed by atoms with E-state index in [1.165, 1.54) is 29.2 Å². The van der Waals surface area contributed by atoms with E-state index >= 15 is 0 Å². The maximum Gasteiger partial charge on any atom is 0.300 e. The molecular formula is C28H27FN2O4. The molecule has 1 N–H and O–H groups in total. The third kappa shape index (κ3) is 4.49. The summed E-state index contributed by atoms with van der Waals surface area (Å²) < 4.78 is 18.7. The first kappa shape index (κ1) is 24.0. The van der Waals surface area contributed by atoms with Crippen molar-refractivity contribution in [2.24, 2.45) is 0 Å². The highest BCUT2D eigenvalue weighted by Gasteiger charge is 2.47. The molecule has 1 aliphatic rings. The first-order chi connectivity index (χ1) is 16.9. The number of carbonyl (C=O) groups excluding carboxylic acids is 2. The lowest BCUT2D eigenvalue weighted by Gasteiger charge is -2.27. The minimum atomic E-state index is -0.870. The largest absolute Gasteiger partial charge is 0.507 e. The summed E-state index contributed by atoms with van der Waals surface area (Å²) in [7, 11) is 1.55. The van der Waals surface area contributed by atoms with Crippen LogP contribution in [0.25, 0.3) is 5.76 Å². The van der Waals surface area contributed by atoms with Crippen LogP contribution in [-0.2, 0) is 9.59 Å². The number of hydrogen-bond acceptors (Lipinski definition) is 5. The van der Waals surface area contributed by atoms with Crippen LogP contribution in [0.4, 0.5) is 15.8 Å². The second kappa shape index (κ2) is 10.0. The van der Waals surface area contributed by atoms with Crippen molar-refractivity contribution in [1.29, 1.82) is 0 Å². The number of aliphatic hydroxyl groups excluding tert-OH is 1. The number of methoxy groups -OCH3 is 1. The molecule has 0 saturated carbocycles. The van der Waals surface area contributed by atoms with E-state index < -0.39 is 23.5 Å². The zero-order valence-corrected chi connectivity index (χ0v) is 19.9. The van der Waals surface area contributed by atoms with E-state index in [2.05, 4.69) is 18.7 Å². The Kier molecular flexibility index (Phi) is 6.87. The topological polar surface area (TPSA) is 70.1 Å². The molecule has 1 fully saturated rings. The van der Waals surface area contributed by atoms with Gasteiger partial charge >= 0.3 is 0 Å². The molecule has 3 aromatic rings. The van der Waals surface area contributed by atoms with Gasteiger partial charge in [0.25, 0.3) is 11.7 Å². The van der Waals surface area contributed by atoms with Crippen LogP contribution >= 0.6 is 0 Å². The number of ether oxygens (including phenoxy) is 1. The van der Waals surface area contributed by atoms with E-state index in [-0.39, 0.29) is 16.9 Å². The number of Topliss-reactive ketones (excluding diaryl/α,β-unsaturated/α-hetero) is 1. The Bertz CT molecular complexity index is 1250. The fourth-order valence-electron chi connectivity index (χ4n) is 4.38. The molecule has 1 amide bonds. The third-order valence-corrected chi connectivity index (χ3v) is 6.25. The van der Waals surface area contributed by atoms with Crippen molar-refractivity contribution < 1.29 is 23.8 Å². The maximum atomic E-state index is 13.5. The van der Waals surface area contributed by atoms with Gasteiger partial charge in [-0.2, -0.15) is 0 Å². The average molecular weight is 475 g/mol. The molecule has 0 aliphatic carbocycles. The van der Waals surface area contributed by atoms with Crippen molar-refractivity contribution in [3.05, 3.63) is 95.3 Å². The summed E-state index contributed by atoms with van der Waals surface area (Å²) in [6.07, 6.45) is 0. The molecule has 0 radical (unpaired) electrons. The predicted molar refractivity (Wildman–Crippen MR) is 134 cm³/mol. The highest BCUT2D eigenvalue weighted by atomic mass is 19.1. The third-order valence-electron chi connectivity index (χ3n) is 6.25. The summed E-state index contributed by atoms with van der Waals surface area (Å²) in [5.74, 6) is -1.76. The number of halogens is 1. The van der Waals surface area contributed by atoms with Gasteiger partial charge in [-0.3, -0.25) is 14.5 Å². The Morgan fingerprint density at radius 1 is 0.943 bits per heavy atom. The Morgan fingerprint density at radius 3 is 2.09 bits per heavy atom. The maximum absolute atomic E-state index is 13.5. The Balaban J connectivity index is 1.86. The van der Waals surface area contributed by atoms with Crippen LogP contribution in [-0.4, -0.2) is 37.0 Å². The van der Waals surface area contributed by atoms with Gasteiger partial charge in [-0.1, -0.05) is 12.1 Å². The van der Waals surface area contributed by atoms with Crippen LogP contribution in [0.15, 0.2) is 78.4 Å². The van der Waals surface area contributed by atoms with Gasteiger partial charge in [0.1, 0.15) is 17.3 Å². The van der Waals surface area contributed by atoms with Gasteiger partial charge in [0, 0.05) is 30.0 Å². The standard InChI is InChI=1S/C28H27FN2O4/c1-4-30(5-2)21-12-14-22(15-13-21)31-25(18-8-16-23(35-3)17-9-18)24(27(33)28(31)34)26(32)19-6-10-20(29)11-7-19/h6-17,25,32H,4-5H2,1-3H3/b26-24+. The molecule has 4 rings (SSSR count). The van der Waals surface area contributed by atoms with Crippen molar-refractivity contribution in [3.63, 3.8) is 0 Å². The first-order valence-corrected chi connectivity index (χ1v) is 11.5. The normalized spacial score (nSPS) is 17.0. The number of hydrogen-bond donors (Lipinski definition) is 1. The monoisotopic (exact) mass is 474 g/mol. The van der Waals surface area contributed by atoms with Crippen LogP contribution in [0.2, 0.25) is 0 Å². The van der Waals surface area contributed by atoms with Crippen LogP contribution in [0.3, 0.4) is 0 Å². The molecule has 6 nitrogen and oxygen atoms in total. The molecular weight excluding hydrogens is 447 g/mol. The number of rotatable bonds is 7. The highest BCUT2D eigenvalue weighted by Crippen LogP contribution is 2.42. The SMILES string of the molecule is CCN(CC)c1ccc(N2C(=O)C(=O)/C(=C(/O)c3ccc(F)cc3)C2c2ccc(OC)cc2)cc1. The summed E-state index contributed by atoms with van der Waals surface area (Å²) in [6.45, 7) is 5.80. The van der Waals surface area contributed by atoms with E-state index in [4.69, 9.17) is 4.74 Å². The molecule has 0 aromatic heterocycles. The summed E-state index contributed by atoms with van der Waals surface area (Å²) >= 11 is 0. The molecule has 1 saturated heterocycles. The summed E-state index contributed by atoms with van der Waals surface area (Å²) in [6, 6.07) is 18.7. The molecule has 1 heterocycles. The molecule has 1 aliphatic heterocycles. The van der Waals surface area contributed by atoms with Crippen LogP contribution in [0.5, 0.6) is 5.75 Å². The van der Waals surface area contributed by atoms with Crippen molar-refractivity contribution in [2.75, 3.05) is 30.0 Å². The van der Waals surface area contributed by atoms with E-state index in [9.17, 15) is 19.1 Å². The van der Waals surface area contributed by atoms with E-state index in [0.29, 0.717) is 17.0 Å². The van der Waals surface area contributed by atoms with Crippen LogP contribution < -0.4 is 14.5 Å². The molecule has 35 heavy (non-hydrogen) atoms. The number of anilines is 2. The van der Waals surface area contributed by atoms with Crippen LogP contribution in [0.1, 0.15) is 31.0 Å². The summed E-state index contributed by atoms with van der Waals surface area (Å²) in [4.78, 5) is 30.1. The van der Waals surface area contributed by atoms with Gasteiger partial charge in [-0.05, 0) is 80.1 Å². The van der Waals surface area contributed by atoms with Gasteiger partial charge in [0.05, 0.1) is 18.7 Å². The van der Waals surface area contributed by atoms with Crippen molar-refractivity contribution in [2.45, 2.75) is 19.9 Å². The minimum Gasteiger partial charge on any atom is -0.507 e. The highest BCUT2D eigenvalue weighted by molar-refractivity contribution is 6.51. The zero-order valence-electron chi connectivity index (χ0n) is 19.9. The van der Waals surface area contributed by atoms with Crippen LogP contribution in [0, 0.1) is 5.82 Å². The Morgan fingerprint density at radius 2 is 1.54 bits per heavy atom. The van der Waals surface area contributed by atoms with Crippen molar-refractivity contribution in [3.8, 4) is 5.75 Å². The number of nitrogens with zero attached hydrogens (tertiary/aromatic N) is 2. The van der Waals surface area contributed by atoms with Gasteiger partial charge in [0.15, 0.2) is 0 Å². The molecule has 3 aromatic carbocycles. The zero-order chi connectivity index (χ0) is 25.1. The van der Waals surface area contributed by atoms with E-state index in [0.717, 1.165) is 18.8 Å². The second-order valence-corrected chi connectivity index (χ2v) is 8.14. The molecule has 0 spiro atoms. The number of aliphatic hydroxyl groups is 1. The number of ketones is 1. The average Bonchev–Trinajstić information content (AvgIpc) is 3.15. The lowest BCUT2D eigenvalue weighted by Crippen LogP contribution is -2.29. The number of carbonyl (C=O) groups is 2. The molecule has 0 bridgehead atoms. The first-order valence-electron chi connectivity index (χ1n) is 11.5. The fraction of sp³-hybridized carbons (Fsp3) is 0.214. The van der Waals surface area contributed by atoms with Crippen molar-refractivity contribution >= 4 is 28.8 Å². The lowest BCUT2D eigenvalue weighted by atomic mass is 9.95. The molecule has 1 unspecified atom stereocenters. The van der Waals surface area contributed by atoms with Gasteiger partial charge in [-0.25, -0.2) is 4.39 Å². The number of amides is 1. The second-order valence-electron chi connectivity index (χ2n) is 8.14. The summed E-state index contributed by atoms with van der Waals surface area (Å²) in [5, 5.41) is 11.1. The quantitative estimate of drug-likeness (QED) is 0.286. The summed E-state index contributed by atoms with van der Waals surface area (Å²) in [5.41, 5.74) is 2.35. The van der Waals surface area contributed by atoms with E-state index in [1.807, 2.05) is 12.1 Å². The lowest BCUT2D eigenvalue weighted by molar-refractivity contribution is -0.132. The predicted octanol–water partition coefficient (Wildman–Crippen LogP) is 5.31. The van der Waals surface area contributed by atoms with Gasteiger partial charge in [-0.15, -0.1) is 0 Å². The van der Waals surface area contributed by atoms with Gasteiger partial charge in [0.2, 0.25) is 0 Å². The van der Waals surface area contributed by atoms with Gasteiger partial charge < -0.3 is 14.7 Å². The molecule has 1 atom stereocenters. The minimum absolute atomic E-state index is 0.0559. The number of benzene rings is 3.